The molecule has 1 fully saturated rings. The number of nitrogens with one attached hydrogen (secondary N) is 1. The van der Waals surface area contributed by atoms with Gasteiger partial charge in [0, 0.05) is 31.3 Å². The summed E-state index contributed by atoms with van der Waals surface area (Å²) >= 11 is 0. The Labute approximate surface area is 178 Å². The van der Waals surface area contributed by atoms with Crippen LogP contribution < -0.4 is 15.1 Å². The lowest BCUT2D eigenvalue weighted by molar-refractivity contribution is -0.384. The normalized spacial score (nSPS) is 23.0. The Bertz CT molecular complexity index is 1090. The molecular weight excluding hydrogens is 400 g/mol. The van der Waals surface area contributed by atoms with Crippen LogP contribution in [0.1, 0.15) is 25.3 Å². The predicted octanol–water partition coefficient (Wildman–Crippen LogP) is 3.03. The highest BCUT2D eigenvalue weighted by molar-refractivity contribution is 6.30. The molecule has 0 aliphatic carbocycles. The minimum absolute atomic E-state index is 0.0275. The molecule has 160 valence electrons. The van der Waals surface area contributed by atoms with Gasteiger partial charge in [-0.3, -0.25) is 25.0 Å². The summed E-state index contributed by atoms with van der Waals surface area (Å²) in [7, 11) is 1.77. The number of imide groups is 2. The van der Waals surface area contributed by atoms with Gasteiger partial charge in [0.05, 0.1) is 16.7 Å². The second-order valence-electron chi connectivity index (χ2n) is 7.87. The van der Waals surface area contributed by atoms with Crippen LogP contribution in [0.25, 0.3) is 0 Å². The number of carbonyl (C=O) groups is 3. The number of anilines is 2. The fraction of sp³-hybridized carbons (Fsp3) is 0.318. The summed E-state index contributed by atoms with van der Waals surface area (Å²) in [5.41, 5.74) is -0.0830. The molecule has 1 spiro atoms. The van der Waals surface area contributed by atoms with Gasteiger partial charge in [-0.25, -0.2) is 9.69 Å². The van der Waals surface area contributed by atoms with Crippen molar-refractivity contribution in [2.75, 3.05) is 16.8 Å². The number of urea groups is 1. The van der Waals surface area contributed by atoms with Crippen LogP contribution in [0.5, 0.6) is 0 Å². The highest BCUT2D eigenvalue weighted by Crippen LogP contribution is 2.46. The fourth-order valence-electron chi connectivity index (χ4n) is 4.72. The van der Waals surface area contributed by atoms with Crippen LogP contribution in [0.15, 0.2) is 48.5 Å². The van der Waals surface area contributed by atoms with Crippen molar-refractivity contribution in [2.24, 2.45) is 5.41 Å². The molecule has 1 N–H and O–H groups in total. The Morgan fingerprint density at radius 1 is 1.16 bits per heavy atom. The monoisotopic (exact) mass is 422 g/mol. The maximum absolute atomic E-state index is 13.9. The number of benzene rings is 2. The number of hydrogen-bond donors (Lipinski definition) is 1. The number of carbonyl (C=O) groups excluding carboxylic acids is 3. The number of nitro groups is 1. The average molecular weight is 422 g/mol. The van der Waals surface area contributed by atoms with Crippen molar-refractivity contribution in [1.82, 2.24) is 5.32 Å². The number of hydrogen-bond acceptors (Lipinski definition) is 6. The Balaban J connectivity index is 1.89. The molecule has 0 unspecified atom stereocenters. The van der Waals surface area contributed by atoms with E-state index in [1.807, 2.05) is 11.8 Å². The topological polar surface area (TPSA) is 113 Å². The predicted molar refractivity (Wildman–Crippen MR) is 114 cm³/mol. The largest absolute Gasteiger partial charge is 0.370 e. The minimum atomic E-state index is -1.59. The van der Waals surface area contributed by atoms with E-state index in [-0.39, 0.29) is 12.1 Å². The summed E-state index contributed by atoms with van der Waals surface area (Å²) in [5.74, 6) is -1.29. The summed E-state index contributed by atoms with van der Waals surface area (Å²) in [6.07, 6.45) is 1.21. The maximum Gasteiger partial charge on any atom is 0.335 e. The maximum atomic E-state index is 13.9. The molecule has 0 aromatic heterocycles. The zero-order valence-electron chi connectivity index (χ0n) is 17.2. The van der Waals surface area contributed by atoms with E-state index < -0.39 is 34.2 Å². The third-order valence-electron chi connectivity index (χ3n) is 6.15. The molecule has 2 aliphatic rings. The molecule has 0 saturated carbocycles. The highest BCUT2D eigenvalue weighted by atomic mass is 16.6. The van der Waals surface area contributed by atoms with Gasteiger partial charge >= 0.3 is 6.03 Å². The number of non-ortho nitro benzene ring substituents is 1. The van der Waals surface area contributed by atoms with E-state index in [1.54, 1.807) is 43.4 Å². The molecule has 0 radical (unpaired) electrons. The number of rotatable bonds is 4. The summed E-state index contributed by atoms with van der Waals surface area (Å²) in [6, 6.07) is 11.6. The first-order valence-corrected chi connectivity index (χ1v) is 10.1. The van der Waals surface area contributed by atoms with Crippen molar-refractivity contribution in [2.45, 2.75) is 32.2 Å². The number of nitro benzene ring substituents is 1. The number of nitrogens with zero attached hydrogens (tertiary/aromatic N) is 3. The van der Waals surface area contributed by atoms with E-state index in [4.69, 9.17) is 0 Å². The van der Waals surface area contributed by atoms with E-state index in [0.717, 1.165) is 10.6 Å². The van der Waals surface area contributed by atoms with Crippen LogP contribution in [-0.2, 0) is 16.0 Å². The zero-order valence-corrected chi connectivity index (χ0v) is 17.2. The van der Waals surface area contributed by atoms with Crippen molar-refractivity contribution in [3.8, 4) is 0 Å². The first kappa shape index (κ1) is 20.5. The molecule has 2 atom stereocenters. The first-order chi connectivity index (χ1) is 14.8. The lowest BCUT2D eigenvalue weighted by atomic mass is 9.67. The van der Waals surface area contributed by atoms with Gasteiger partial charge in [-0.1, -0.05) is 31.5 Å². The van der Waals surface area contributed by atoms with Crippen molar-refractivity contribution in [1.29, 1.82) is 0 Å². The van der Waals surface area contributed by atoms with Crippen LogP contribution in [-0.4, -0.2) is 35.9 Å². The SMILES string of the molecule is CCC[C@H]1N(C)c2ccc([N+](=O)[O-])cc2C[C@@]12C(=O)NC(=O)N(c1ccccc1)C2=O. The molecule has 31 heavy (non-hydrogen) atoms. The van der Waals surface area contributed by atoms with Crippen LogP contribution in [0.3, 0.4) is 0 Å². The van der Waals surface area contributed by atoms with E-state index in [9.17, 15) is 24.5 Å². The van der Waals surface area contributed by atoms with Crippen molar-refractivity contribution in [3.63, 3.8) is 0 Å². The Hall–Kier alpha value is -3.75. The number of fused-ring (bicyclic) bond motifs is 1. The van der Waals surface area contributed by atoms with Crippen LogP contribution in [0.4, 0.5) is 21.9 Å². The highest BCUT2D eigenvalue weighted by Gasteiger charge is 2.61. The Morgan fingerprint density at radius 3 is 2.52 bits per heavy atom. The van der Waals surface area contributed by atoms with E-state index in [0.29, 0.717) is 24.1 Å². The van der Waals surface area contributed by atoms with E-state index in [2.05, 4.69) is 5.32 Å². The molecule has 4 rings (SSSR count). The minimum Gasteiger partial charge on any atom is -0.370 e. The van der Waals surface area contributed by atoms with Gasteiger partial charge in [-0.15, -0.1) is 0 Å². The molecule has 2 heterocycles. The number of para-hydroxylation sites is 1. The van der Waals surface area contributed by atoms with Crippen LogP contribution in [0.2, 0.25) is 0 Å². The summed E-state index contributed by atoms with van der Waals surface area (Å²) in [6.45, 7) is 1.96. The zero-order chi connectivity index (χ0) is 22.3. The van der Waals surface area contributed by atoms with Gasteiger partial charge in [0.1, 0.15) is 0 Å². The average Bonchev–Trinajstić information content (AvgIpc) is 2.75. The third-order valence-corrected chi connectivity index (χ3v) is 6.15. The van der Waals surface area contributed by atoms with Gasteiger partial charge in [0.2, 0.25) is 5.91 Å². The quantitative estimate of drug-likeness (QED) is 0.460. The second-order valence-corrected chi connectivity index (χ2v) is 7.87. The summed E-state index contributed by atoms with van der Waals surface area (Å²) in [5, 5.41) is 13.7. The number of barbiturate groups is 1. The van der Waals surface area contributed by atoms with Crippen molar-refractivity contribution in [3.05, 3.63) is 64.2 Å². The van der Waals surface area contributed by atoms with Crippen LogP contribution in [0, 0.1) is 15.5 Å². The Kier molecular flexibility index (Phi) is 4.96. The lowest BCUT2D eigenvalue weighted by Crippen LogP contribution is -2.72. The van der Waals surface area contributed by atoms with Gasteiger partial charge in [0.25, 0.3) is 11.6 Å². The molecule has 1 saturated heterocycles. The van der Waals surface area contributed by atoms with Crippen LogP contribution >= 0.6 is 0 Å². The number of amides is 4. The summed E-state index contributed by atoms with van der Waals surface area (Å²) in [4.78, 5) is 53.4. The fourth-order valence-corrected chi connectivity index (χ4v) is 4.72. The van der Waals surface area contributed by atoms with E-state index in [1.165, 1.54) is 12.1 Å². The van der Waals surface area contributed by atoms with Gasteiger partial charge in [0.15, 0.2) is 5.41 Å². The van der Waals surface area contributed by atoms with Crippen molar-refractivity contribution >= 4 is 34.9 Å². The van der Waals surface area contributed by atoms with Gasteiger partial charge in [-0.05, 0) is 30.2 Å². The molecular formula is C22H22N4O5. The smallest absolute Gasteiger partial charge is 0.335 e. The molecule has 9 nitrogen and oxygen atoms in total. The van der Waals surface area contributed by atoms with Gasteiger partial charge < -0.3 is 4.90 Å². The van der Waals surface area contributed by atoms with E-state index >= 15 is 0 Å². The molecule has 0 bridgehead atoms. The van der Waals surface area contributed by atoms with Gasteiger partial charge in [-0.2, -0.15) is 0 Å². The Morgan fingerprint density at radius 2 is 1.87 bits per heavy atom. The molecule has 4 amide bonds. The summed E-state index contributed by atoms with van der Waals surface area (Å²) < 4.78 is 0. The van der Waals surface area contributed by atoms with Crippen molar-refractivity contribution < 1.29 is 19.3 Å². The molecule has 9 heteroatoms. The molecule has 2 aromatic carbocycles. The lowest BCUT2D eigenvalue weighted by Gasteiger charge is -2.50. The molecule has 2 aliphatic heterocycles. The standard InChI is InChI=1S/C22H22N4O5/c1-3-7-18-22(13-14-12-16(26(30)31)10-11-17(14)24(18)2)19(27)23-21(29)25(20(22)28)15-8-5-4-6-9-15/h4-6,8-12,18H,3,7,13H2,1-2H3,(H,23,27,29)/t18-,22+/m1/s1. The first-order valence-electron chi connectivity index (χ1n) is 10.1. The second kappa shape index (κ2) is 7.50. The third kappa shape index (κ3) is 3.04. The molecule has 2 aromatic rings.